The lowest BCUT2D eigenvalue weighted by molar-refractivity contribution is -0.00156. The Morgan fingerprint density at radius 1 is 1.15 bits per heavy atom. The topological polar surface area (TPSA) is 39.7 Å². The molecule has 0 aliphatic carbocycles. The second-order valence-electron chi connectivity index (χ2n) is 3.08. The third kappa shape index (κ3) is 6.17. The molecule has 0 fully saturated rings. The summed E-state index contributed by atoms with van der Waals surface area (Å²) in [5.41, 5.74) is 0. The largest absolute Gasteiger partial charge is 0.445 e. The Hall–Kier alpha value is 0.0569. The third-order valence-electron chi connectivity index (χ3n) is 1.32. The number of hydrogen-bond acceptors (Lipinski definition) is 4. The molecule has 0 saturated carbocycles. The third-order valence-corrected chi connectivity index (χ3v) is 3.49. The Morgan fingerprint density at radius 2 is 1.62 bits per heavy atom. The average Bonchev–Trinajstić information content (AvgIpc) is 2.02. The maximum atomic E-state index is 5.50. The standard InChI is InChI=1S/C8H21NO3Si/c1-6-10-13(5,11-7-2)9-12-8(3)4/h8-9H,6-7H2,1-5H3. The first kappa shape index (κ1) is 13.1. The smallest absolute Gasteiger partial charge is 0.382 e. The van der Waals surface area contributed by atoms with Crippen molar-refractivity contribution in [3.05, 3.63) is 0 Å². The van der Waals surface area contributed by atoms with E-state index < -0.39 is 8.72 Å². The van der Waals surface area contributed by atoms with Gasteiger partial charge in [-0.25, -0.2) is 0 Å². The van der Waals surface area contributed by atoms with E-state index in [2.05, 4.69) is 5.15 Å². The van der Waals surface area contributed by atoms with Crippen molar-refractivity contribution < 1.29 is 13.7 Å². The van der Waals surface area contributed by atoms with Crippen molar-refractivity contribution in [1.29, 1.82) is 0 Å². The summed E-state index contributed by atoms with van der Waals surface area (Å²) >= 11 is 0. The van der Waals surface area contributed by atoms with Gasteiger partial charge in [-0.05, 0) is 34.2 Å². The normalized spacial score (nSPS) is 12.5. The second-order valence-corrected chi connectivity index (χ2v) is 5.75. The van der Waals surface area contributed by atoms with Crippen LogP contribution in [0.4, 0.5) is 0 Å². The predicted molar refractivity (Wildman–Crippen MR) is 54.2 cm³/mol. The van der Waals surface area contributed by atoms with Gasteiger partial charge in [-0.1, -0.05) is 0 Å². The lowest BCUT2D eigenvalue weighted by atomic mass is 10.5. The van der Waals surface area contributed by atoms with Gasteiger partial charge in [0.05, 0.1) is 6.10 Å². The van der Waals surface area contributed by atoms with Crippen molar-refractivity contribution in [3.63, 3.8) is 0 Å². The molecule has 0 atom stereocenters. The van der Waals surface area contributed by atoms with E-state index in [0.717, 1.165) is 0 Å². The summed E-state index contributed by atoms with van der Waals surface area (Å²) in [7, 11) is -2.28. The van der Waals surface area contributed by atoms with Gasteiger partial charge in [0, 0.05) is 13.2 Å². The molecular weight excluding hydrogens is 186 g/mol. The zero-order valence-corrected chi connectivity index (χ0v) is 10.2. The Balaban J connectivity index is 3.91. The van der Waals surface area contributed by atoms with Crippen LogP contribution in [0.15, 0.2) is 0 Å². The number of nitrogens with one attached hydrogen (secondary N) is 1. The fourth-order valence-corrected chi connectivity index (χ4v) is 2.63. The van der Waals surface area contributed by atoms with Gasteiger partial charge in [0.2, 0.25) is 0 Å². The second kappa shape index (κ2) is 6.50. The molecule has 0 aromatic rings. The van der Waals surface area contributed by atoms with Gasteiger partial charge in [0.15, 0.2) is 0 Å². The molecule has 0 rings (SSSR count). The number of rotatable bonds is 7. The molecule has 0 bridgehead atoms. The minimum Gasteiger partial charge on any atom is -0.382 e. The van der Waals surface area contributed by atoms with Crippen LogP contribution in [0, 0.1) is 0 Å². The molecule has 0 unspecified atom stereocenters. The summed E-state index contributed by atoms with van der Waals surface area (Å²) < 4.78 is 11.0. The van der Waals surface area contributed by atoms with Crippen LogP contribution < -0.4 is 5.15 Å². The summed E-state index contributed by atoms with van der Waals surface area (Å²) in [5, 5.41) is 2.89. The minimum absolute atomic E-state index is 0.132. The van der Waals surface area contributed by atoms with E-state index in [-0.39, 0.29) is 6.10 Å². The minimum atomic E-state index is -2.28. The molecular formula is C8H21NO3Si. The van der Waals surface area contributed by atoms with Crippen molar-refractivity contribution in [1.82, 2.24) is 5.15 Å². The van der Waals surface area contributed by atoms with E-state index >= 15 is 0 Å². The van der Waals surface area contributed by atoms with Gasteiger partial charge < -0.3 is 13.7 Å². The highest BCUT2D eigenvalue weighted by Gasteiger charge is 2.32. The predicted octanol–water partition coefficient (Wildman–Crippen LogP) is 1.56. The van der Waals surface area contributed by atoms with Crippen LogP contribution in [0.25, 0.3) is 0 Å². The average molecular weight is 207 g/mol. The van der Waals surface area contributed by atoms with E-state index in [1.54, 1.807) is 0 Å². The van der Waals surface area contributed by atoms with Gasteiger partial charge in [-0.2, -0.15) is 5.15 Å². The first-order valence-electron chi connectivity index (χ1n) is 4.74. The van der Waals surface area contributed by atoms with Gasteiger partial charge in [0.25, 0.3) is 0 Å². The molecule has 5 heteroatoms. The lowest BCUT2D eigenvalue weighted by Gasteiger charge is -2.26. The van der Waals surface area contributed by atoms with Crippen molar-refractivity contribution in [3.8, 4) is 0 Å². The Kier molecular flexibility index (Phi) is 6.53. The van der Waals surface area contributed by atoms with Crippen LogP contribution in [0.1, 0.15) is 27.7 Å². The Morgan fingerprint density at radius 3 is 1.92 bits per heavy atom. The van der Waals surface area contributed by atoms with Crippen molar-refractivity contribution >= 4 is 8.72 Å². The molecule has 13 heavy (non-hydrogen) atoms. The molecule has 0 aromatic heterocycles. The maximum absolute atomic E-state index is 5.50. The van der Waals surface area contributed by atoms with Gasteiger partial charge in [0.1, 0.15) is 0 Å². The first-order valence-corrected chi connectivity index (χ1v) is 7.06. The van der Waals surface area contributed by atoms with Crippen molar-refractivity contribution in [2.24, 2.45) is 0 Å². The quantitative estimate of drug-likeness (QED) is 0.508. The molecule has 0 radical (unpaired) electrons. The molecule has 0 saturated heterocycles. The van der Waals surface area contributed by atoms with E-state index in [1.807, 2.05) is 34.2 Å². The lowest BCUT2D eigenvalue weighted by Crippen LogP contribution is -2.54. The molecule has 0 spiro atoms. The Bertz CT molecular complexity index is 127. The van der Waals surface area contributed by atoms with Gasteiger partial charge in [-0.3, -0.25) is 0 Å². The summed E-state index contributed by atoms with van der Waals surface area (Å²) in [6, 6.07) is 0. The van der Waals surface area contributed by atoms with Crippen LogP contribution in [0.3, 0.4) is 0 Å². The van der Waals surface area contributed by atoms with E-state index in [4.69, 9.17) is 13.7 Å². The van der Waals surface area contributed by atoms with Crippen molar-refractivity contribution in [2.45, 2.75) is 40.3 Å². The molecule has 0 amide bonds. The molecule has 80 valence electrons. The zero-order valence-electron chi connectivity index (χ0n) is 9.22. The van der Waals surface area contributed by atoms with Crippen LogP contribution in [0.2, 0.25) is 6.55 Å². The first-order chi connectivity index (χ1) is 6.04. The van der Waals surface area contributed by atoms with Gasteiger partial charge >= 0.3 is 8.72 Å². The van der Waals surface area contributed by atoms with Crippen LogP contribution >= 0.6 is 0 Å². The Labute approximate surface area is 81.8 Å². The molecule has 4 nitrogen and oxygen atoms in total. The van der Waals surface area contributed by atoms with E-state index in [1.165, 1.54) is 0 Å². The summed E-state index contributed by atoms with van der Waals surface area (Å²) in [4.78, 5) is 5.27. The highest BCUT2D eigenvalue weighted by molar-refractivity contribution is 6.62. The summed E-state index contributed by atoms with van der Waals surface area (Å²) in [5.74, 6) is 0. The van der Waals surface area contributed by atoms with E-state index in [0.29, 0.717) is 13.2 Å². The maximum Gasteiger partial charge on any atom is 0.445 e. The summed E-state index contributed by atoms with van der Waals surface area (Å²) in [6.07, 6.45) is 0.132. The number of hydrogen-bond donors (Lipinski definition) is 1. The molecule has 0 aliphatic heterocycles. The summed E-state index contributed by atoms with van der Waals surface area (Å²) in [6.45, 7) is 11.0. The SMILES string of the molecule is CCO[Si](C)(NOC(C)C)OCC. The van der Waals surface area contributed by atoms with Crippen LogP contribution in [-0.4, -0.2) is 28.0 Å². The zero-order chi connectivity index (χ0) is 10.3. The molecule has 0 aromatic carbocycles. The monoisotopic (exact) mass is 207 g/mol. The molecule has 0 aliphatic rings. The fraction of sp³-hybridized carbons (Fsp3) is 1.00. The molecule has 0 heterocycles. The van der Waals surface area contributed by atoms with E-state index in [9.17, 15) is 0 Å². The highest BCUT2D eigenvalue weighted by atomic mass is 28.4. The fourth-order valence-electron chi connectivity index (χ4n) is 0.876. The van der Waals surface area contributed by atoms with Gasteiger partial charge in [-0.15, -0.1) is 0 Å². The highest BCUT2D eigenvalue weighted by Crippen LogP contribution is 2.03. The van der Waals surface area contributed by atoms with Crippen molar-refractivity contribution in [2.75, 3.05) is 13.2 Å². The van der Waals surface area contributed by atoms with Crippen LogP contribution in [0.5, 0.6) is 0 Å². The molecule has 1 N–H and O–H groups in total. The van der Waals surface area contributed by atoms with Crippen LogP contribution in [-0.2, 0) is 13.7 Å².